The first-order valence-electron chi connectivity index (χ1n) is 24.1. The van der Waals surface area contributed by atoms with E-state index in [1.54, 1.807) is 66.1 Å². The molecule has 5 unspecified atom stereocenters. The van der Waals surface area contributed by atoms with Crippen LogP contribution in [0.15, 0.2) is 24.3 Å². The zero-order chi connectivity index (χ0) is 56.6. The lowest BCUT2D eigenvalue weighted by molar-refractivity contribution is -0.144. The van der Waals surface area contributed by atoms with Crippen LogP contribution < -0.4 is 0 Å². The number of carbonyl (C=O) groups is 5. The molecule has 0 aliphatic carbocycles. The molecule has 0 aliphatic rings. The van der Waals surface area contributed by atoms with Crippen molar-refractivity contribution in [3.05, 3.63) is 24.3 Å². The van der Waals surface area contributed by atoms with Crippen molar-refractivity contribution in [2.45, 2.75) is 162 Å². The first-order valence-corrected chi connectivity index (χ1v) is 33.1. The number of aliphatic carboxylic acids is 1. The standard InChI is InChI=1S/C11H13N3O2S.2C10H20O2S2.C9H18O2S2.C5H10O2S.C5H12S/c1-9(6-16-8-15)7-17-14-11-5-3-2-4-10(11)12-13-14;2*1-6-10(3,4)14-13-7-8(2)9(11)12-5;1-5-9(3,4)13-12-6-7(2)8(10)11;1-5(3-8)2-7-4-6;1-4-5(2,3)6/h2-5,8-9H,6-7H2,1H3;2*8H,6-7H2,1-5H3;7H,5-6H2,1-4H3,(H,10,11);4-5,8H,2-3H2,1H3;6H,4H2,1-3H3. The first kappa shape index (κ1) is 77.6. The van der Waals surface area contributed by atoms with Crippen molar-refractivity contribution in [1.29, 1.82) is 0 Å². The number of carboxylic acids is 1. The average molecular weight is 1180 g/mol. The molecule has 0 saturated heterocycles. The molecular formula is C50H93N3O10S9. The van der Waals surface area contributed by atoms with Crippen molar-refractivity contribution in [2.24, 2.45) is 29.6 Å². The van der Waals surface area contributed by atoms with Gasteiger partial charge in [0.1, 0.15) is 11.0 Å². The molecule has 0 spiro atoms. The molecule has 0 amide bonds. The Labute approximate surface area is 475 Å². The Bertz CT molecular complexity index is 1660. The van der Waals surface area contributed by atoms with E-state index < -0.39 is 5.97 Å². The van der Waals surface area contributed by atoms with Gasteiger partial charge in [0.05, 0.1) is 45.2 Å². The van der Waals surface area contributed by atoms with Crippen molar-refractivity contribution in [3.8, 4) is 0 Å². The molecule has 5 atom stereocenters. The molecule has 2 aromatic rings. The summed E-state index contributed by atoms with van der Waals surface area (Å²) in [6.07, 6.45) is 4.51. The van der Waals surface area contributed by atoms with Crippen LogP contribution in [0.2, 0.25) is 0 Å². The summed E-state index contributed by atoms with van der Waals surface area (Å²) in [4.78, 5) is 52.3. The summed E-state index contributed by atoms with van der Waals surface area (Å²) in [5.74, 6) is 3.35. The summed E-state index contributed by atoms with van der Waals surface area (Å²) in [7, 11) is 13.5. The first-order chi connectivity index (χ1) is 33.4. The maximum Gasteiger partial charge on any atom is 0.309 e. The molecule has 72 heavy (non-hydrogen) atoms. The van der Waals surface area contributed by atoms with Crippen molar-refractivity contribution in [3.63, 3.8) is 0 Å². The van der Waals surface area contributed by atoms with Gasteiger partial charge in [-0.3, -0.25) is 24.0 Å². The highest BCUT2D eigenvalue weighted by Gasteiger charge is 2.21. The number of carboxylic acid groups (broad SMARTS) is 1. The predicted octanol–water partition coefficient (Wildman–Crippen LogP) is 14.6. The normalized spacial score (nSPS) is 13.3. The van der Waals surface area contributed by atoms with Gasteiger partial charge in [0, 0.05) is 47.9 Å². The monoisotopic (exact) mass is 1180 g/mol. The number of nitrogens with zero attached hydrogens (tertiary/aromatic N) is 3. The topological polar surface area (TPSA) is 173 Å². The lowest BCUT2D eigenvalue weighted by Crippen LogP contribution is -2.16. The SMILES string of the molecule is CC(COC=O)CSn1nnc2ccccc21.CC(CS)COC=O.CCC(C)(C)S.CCC(C)(C)SSCC(C)C(=O)O.CCC(C)(C)SSCC(C)C(=O)OC.CCC(C)(C)SSCC(C)C(=O)OC. The third-order valence-corrected chi connectivity index (χ3v) is 22.9. The number of benzene rings is 1. The number of aromatic nitrogens is 3. The number of esters is 2. The van der Waals surface area contributed by atoms with E-state index in [1.807, 2.05) is 73.5 Å². The van der Waals surface area contributed by atoms with Gasteiger partial charge < -0.3 is 24.1 Å². The zero-order valence-corrected chi connectivity index (χ0v) is 54.3. The molecule has 0 saturated carbocycles. The van der Waals surface area contributed by atoms with E-state index in [2.05, 4.69) is 133 Å². The number of hydrogen-bond acceptors (Lipinski definition) is 20. The fraction of sp³-hybridized carbons (Fsp3) is 0.780. The highest BCUT2D eigenvalue weighted by molar-refractivity contribution is 8.77. The Morgan fingerprint density at radius 3 is 1.36 bits per heavy atom. The molecule has 22 heteroatoms. The number of rotatable bonds is 29. The zero-order valence-electron chi connectivity index (χ0n) is 46.8. The van der Waals surface area contributed by atoms with Crippen LogP contribution >= 0.6 is 102 Å². The third kappa shape index (κ3) is 46.4. The fourth-order valence-electron chi connectivity index (χ4n) is 3.32. The second kappa shape index (κ2) is 45.2. The van der Waals surface area contributed by atoms with Gasteiger partial charge in [-0.05, 0) is 103 Å². The van der Waals surface area contributed by atoms with Crippen molar-refractivity contribution < 1.29 is 48.0 Å². The van der Waals surface area contributed by atoms with E-state index in [4.69, 9.17) is 9.84 Å². The van der Waals surface area contributed by atoms with Gasteiger partial charge in [0.2, 0.25) is 0 Å². The molecule has 0 radical (unpaired) electrons. The van der Waals surface area contributed by atoms with Gasteiger partial charge >= 0.3 is 17.9 Å². The van der Waals surface area contributed by atoms with E-state index in [-0.39, 0.29) is 45.1 Å². The fourth-order valence-corrected chi connectivity index (χ4v) is 13.2. The molecule has 1 heterocycles. The lowest BCUT2D eigenvalue weighted by Gasteiger charge is -2.21. The van der Waals surface area contributed by atoms with Gasteiger partial charge in [0.25, 0.3) is 12.9 Å². The predicted molar refractivity (Wildman–Crippen MR) is 327 cm³/mol. The largest absolute Gasteiger partial charge is 0.481 e. The van der Waals surface area contributed by atoms with E-state index in [9.17, 15) is 24.0 Å². The molecule has 0 aliphatic heterocycles. The van der Waals surface area contributed by atoms with Crippen LogP contribution in [0.5, 0.6) is 0 Å². The summed E-state index contributed by atoms with van der Waals surface area (Å²) >= 11 is 9.81. The molecule has 0 bridgehead atoms. The Balaban J connectivity index is -0.000000396. The van der Waals surface area contributed by atoms with Crippen LogP contribution in [0.4, 0.5) is 0 Å². The number of hydrogen-bond donors (Lipinski definition) is 3. The number of ether oxygens (including phenoxy) is 4. The Hall–Kier alpha value is -0.880. The number of thiol groups is 2. The number of methoxy groups -OCH3 is 2. The van der Waals surface area contributed by atoms with E-state index in [0.29, 0.717) is 47.3 Å². The van der Waals surface area contributed by atoms with E-state index in [0.717, 1.165) is 59.7 Å². The molecular weight excluding hydrogens is 1090 g/mol. The molecule has 2 rings (SSSR count). The summed E-state index contributed by atoms with van der Waals surface area (Å²) in [5, 5.41) is 16.8. The molecule has 1 aromatic carbocycles. The number of fused-ring (bicyclic) bond motifs is 1. The molecule has 422 valence electrons. The minimum Gasteiger partial charge on any atom is -0.481 e. The Morgan fingerprint density at radius 1 is 0.653 bits per heavy atom. The van der Waals surface area contributed by atoms with Gasteiger partial charge in [-0.25, -0.2) is 0 Å². The van der Waals surface area contributed by atoms with Crippen LogP contribution in [0.3, 0.4) is 0 Å². The maximum atomic E-state index is 11.1. The van der Waals surface area contributed by atoms with Crippen LogP contribution in [0.25, 0.3) is 11.0 Å². The van der Waals surface area contributed by atoms with Gasteiger partial charge in [-0.2, -0.15) is 29.3 Å². The summed E-state index contributed by atoms with van der Waals surface area (Å²) in [5.41, 5.74) is 1.89. The van der Waals surface area contributed by atoms with Crippen LogP contribution in [0.1, 0.15) is 143 Å². The molecule has 1 aromatic heterocycles. The Kier molecular flexibility index (Phi) is 48.7. The number of para-hydroxylation sites is 1. The van der Waals surface area contributed by atoms with E-state index in [1.165, 1.54) is 14.2 Å². The minimum absolute atomic E-state index is 0.00911. The molecule has 13 nitrogen and oxygen atoms in total. The van der Waals surface area contributed by atoms with Crippen LogP contribution in [-0.2, 0) is 42.9 Å². The van der Waals surface area contributed by atoms with E-state index >= 15 is 0 Å². The molecule has 1 N–H and O–H groups in total. The van der Waals surface area contributed by atoms with Crippen LogP contribution in [0, 0.1) is 29.6 Å². The van der Waals surface area contributed by atoms with Crippen molar-refractivity contribution >= 4 is 144 Å². The highest BCUT2D eigenvalue weighted by atomic mass is 33.1. The smallest absolute Gasteiger partial charge is 0.309 e. The summed E-state index contributed by atoms with van der Waals surface area (Å²) in [6, 6.07) is 7.81. The quantitative estimate of drug-likeness (QED) is 0.0231. The Morgan fingerprint density at radius 2 is 1.03 bits per heavy atom. The average Bonchev–Trinajstić information content (AvgIpc) is 3.77. The molecule has 0 fully saturated rings. The summed E-state index contributed by atoms with van der Waals surface area (Å²) < 4.78 is 21.4. The van der Waals surface area contributed by atoms with Gasteiger partial charge in [-0.15, -0.1) is 5.10 Å². The van der Waals surface area contributed by atoms with Crippen molar-refractivity contribution in [1.82, 2.24) is 14.4 Å². The van der Waals surface area contributed by atoms with Gasteiger partial charge in [-0.1, -0.05) is 158 Å². The number of carbonyl (C=O) groups excluding carboxylic acids is 4. The minimum atomic E-state index is -0.706. The van der Waals surface area contributed by atoms with Crippen LogP contribution in [-0.4, -0.2) is 126 Å². The van der Waals surface area contributed by atoms with Gasteiger partial charge in [0.15, 0.2) is 0 Å². The van der Waals surface area contributed by atoms with Crippen molar-refractivity contribution in [2.75, 3.05) is 56.2 Å². The lowest BCUT2D eigenvalue weighted by atomic mass is 10.1. The second-order valence-corrected chi connectivity index (χ2v) is 30.9. The second-order valence-electron chi connectivity index (χ2n) is 19.2. The third-order valence-electron chi connectivity index (χ3n) is 9.87. The summed E-state index contributed by atoms with van der Waals surface area (Å²) in [6.45, 7) is 37.5. The highest BCUT2D eigenvalue weighted by Crippen LogP contribution is 2.40. The maximum absolute atomic E-state index is 11.1.